The molecule has 7 heteroatoms. The van der Waals surface area contributed by atoms with Crippen LogP contribution in [0.2, 0.25) is 0 Å². The van der Waals surface area contributed by atoms with Crippen molar-refractivity contribution in [1.29, 1.82) is 0 Å². The number of anilines is 1. The smallest absolute Gasteiger partial charge is 0.153 e. The number of hydrogen-bond acceptors (Lipinski definition) is 6. The van der Waals surface area contributed by atoms with Crippen LogP contribution in [0.1, 0.15) is 11.3 Å². The lowest BCUT2D eigenvalue weighted by atomic mass is 10.1. The first-order valence-electron chi connectivity index (χ1n) is 9.48. The van der Waals surface area contributed by atoms with Crippen LogP contribution in [0.3, 0.4) is 0 Å². The number of hydrogen-bond donors (Lipinski definition) is 2. The lowest BCUT2D eigenvalue weighted by Crippen LogP contribution is -2.37. The molecule has 0 aliphatic carbocycles. The Labute approximate surface area is 163 Å². The van der Waals surface area contributed by atoms with Crippen LogP contribution in [0.5, 0.6) is 5.75 Å². The molecule has 0 bridgehead atoms. The lowest BCUT2D eigenvalue weighted by molar-refractivity contribution is 0.122. The van der Waals surface area contributed by atoms with Gasteiger partial charge in [0.1, 0.15) is 5.75 Å². The van der Waals surface area contributed by atoms with Gasteiger partial charge in [-0.05, 0) is 23.8 Å². The van der Waals surface area contributed by atoms with Crippen molar-refractivity contribution in [2.75, 3.05) is 44.9 Å². The molecule has 7 nitrogen and oxygen atoms in total. The van der Waals surface area contributed by atoms with E-state index in [0.717, 1.165) is 52.7 Å². The van der Waals surface area contributed by atoms with Crippen LogP contribution in [0.25, 0.3) is 16.8 Å². The number of aromatic nitrogens is 2. The Kier molecular flexibility index (Phi) is 5.47. The molecule has 3 heterocycles. The van der Waals surface area contributed by atoms with Crippen molar-refractivity contribution in [2.24, 2.45) is 0 Å². The Morgan fingerprint density at radius 3 is 2.71 bits per heavy atom. The third-order valence-electron chi connectivity index (χ3n) is 5.13. The highest BCUT2D eigenvalue weighted by Crippen LogP contribution is 2.31. The minimum atomic E-state index is -0.0753. The number of aliphatic hydroxyl groups is 2. The maximum Gasteiger partial charge on any atom is 0.153 e. The topological polar surface area (TPSA) is 79.5 Å². The van der Waals surface area contributed by atoms with Gasteiger partial charge in [0.15, 0.2) is 5.82 Å². The maximum absolute atomic E-state index is 9.84. The number of nitrogens with zero attached hydrogens (tertiary/aromatic N) is 3. The summed E-state index contributed by atoms with van der Waals surface area (Å²) >= 11 is 0. The fraction of sp³-hybridized carbons (Fsp3) is 0.381. The summed E-state index contributed by atoms with van der Waals surface area (Å²) in [5, 5.41) is 19.4. The van der Waals surface area contributed by atoms with Crippen molar-refractivity contribution in [3.63, 3.8) is 0 Å². The lowest BCUT2D eigenvalue weighted by Gasteiger charge is -2.29. The molecule has 1 aliphatic heterocycles. The number of morpholine rings is 1. The van der Waals surface area contributed by atoms with E-state index in [2.05, 4.69) is 4.90 Å². The van der Waals surface area contributed by atoms with Crippen LogP contribution < -0.4 is 9.64 Å². The first-order valence-corrected chi connectivity index (χ1v) is 9.48. The fourth-order valence-corrected chi connectivity index (χ4v) is 3.71. The van der Waals surface area contributed by atoms with E-state index in [1.165, 1.54) is 0 Å². The molecule has 2 N–H and O–H groups in total. The highest BCUT2D eigenvalue weighted by molar-refractivity contribution is 5.76. The number of benzene rings is 1. The summed E-state index contributed by atoms with van der Waals surface area (Å²) in [6, 6.07) is 9.78. The van der Waals surface area contributed by atoms with E-state index in [-0.39, 0.29) is 13.2 Å². The average Bonchev–Trinajstić information content (AvgIpc) is 3.11. The summed E-state index contributed by atoms with van der Waals surface area (Å²) < 4.78 is 12.9. The minimum absolute atomic E-state index is 0.0167. The molecule has 28 heavy (non-hydrogen) atoms. The summed E-state index contributed by atoms with van der Waals surface area (Å²) in [6.07, 6.45) is 2.44. The summed E-state index contributed by atoms with van der Waals surface area (Å²) in [5.41, 5.74) is 4.41. The van der Waals surface area contributed by atoms with E-state index < -0.39 is 0 Å². The Bertz CT molecular complexity index is 964. The molecule has 0 amide bonds. The fourth-order valence-electron chi connectivity index (χ4n) is 3.71. The predicted molar refractivity (Wildman–Crippen MR) is 107 cm³/mol. The quantitative estimate of drug-likeness (QED) is 0.677. The van der Waals surface area contributed by atoms with Crippen molar-refractivity contribution in [3.05, 3.63) is 47.8 Å². The standard InChI is InChI=1S/C21H25N3O4/c1-27-17-4-2-3-15(11-17)18-13-24-19(5-8-25)16(14-26)12-20(24)21(22-18)23-6-9-28-10-7-23/h2-4,11-13,25-26H,5-10,14H2,1H3. The molecule has 1 fully saturated rings. The molecule has 0 spiro atoms. The number of aliphatic hydroxyl groups excluding tert-OH is 2. The average molecular weight is 383 g/mol. The van der Waals surface area contributed by atoms with Crippen molar-refractivity contribution in [1.82, 2.24) is 9.38 Å². The Morgan fingerprint density at radius 1 is 1.18 bits per heavy atom. The van der Waals surface area contributed by atoms with Gasteiger partial charge in [0.2, 0.25) is 0 Å². The van der Waals surface area contributed by atoms with E-state index in [1.807, 2.05) is 40.9 Å². The van der Waals surface area contributed by atoms with Gasteiger partial charge in [-0.25, -0.2) is 4.98 Å². The SMILES string of the molecule is COc1cccc(-c2cn3c(CCO)c(CO)cc3c(N3CCOCC3)n2)c1. The van der Waals surface area contributed by atoms with E-state index >= 15 is 0 Å². The van der Waals surface area contributed by atoms with Gasteiger partial charge in [-0.3, -0.25) is 0 Å². The first-order chi connectivity index (χ1) is 13.7. The van der Waals surface area contributed by atoms with Gasteiger partial charge in [-0.15, -0.1) is 0 Å². The molecule has 148 valence electrons. The van der Waals surface area contributed by atoms with E-state index in [1.54, 1.807) is 7.11 Å². The van der Waals surface area contributed by atoms with Crippen LogP contribution in [0.15, 0.2) is 36.5 Å². The van der Waals surface area contributed by atoms with Crippen LogP contribution in [0, 0.1) is 0 Å². The minimum Gasteiger partial charge on any atom is -0.497 e. The van der Waals surface area contributed by atoms with Gasteiger partial charge in [-0.2, -0.15) is 0 Å². The van der Waals surface area contributed by atoms with Crippen molar-refractivity contribution in [2.45, 2.75) is 13.0 Å². The normalized spacial score (nSPS) is 14.6. The third-order valence-corrected chi connectivity index (χ3v) is 5.13. The number of rotatable bonds is 6. The zero-order valence-corrected chi connectivity index (χ0v) is 16.0. The second-order valence-electron chi connectivity index (χ2n) is 6.78. The molecule has 1 aromatic carbocycles. The van der Waals surface area contributed by atoms with Crippen molar-refractivity contribution >= 4 is 11.3 Å². The number of ether oxygens (including phenoxy) is 2. The molecule has 1 saturated heterocycles. The predicted octanol–water partition coefficient (Wildman–Crippen LogP) is 1.87. The molecule has 0 saturated carbocycles. The molecular formula is C21H25N3O4. The van der Waals surface area contributed by atoms with E-state index in [0.29, 0.717) is 19.6 Å². The van der Waals surface area contributed by atoms with Gasteiger partial charge in [0.05, 0.1) is 38.1 Å². The summed E-state index contributed by atoms with van der Waals surface area (Å²) in [7, 11) is 1.65. The van der Waals surface area contributed by atoms with Gasteiger partial charge in [0, 0.05) is 43.6 Å². The van der Waals surface area contributed by atoms with E-state index in [4.69, 9.17) is 14.5 Å². The van der Waals surface area contributed by atoms with Crippen LogP contribution >= 0.6 is 0 Å². The Balaban J connectivity index is 1.93. The number of methoxy groups -OCH3 is 1. The highest BCUT2D eigenvalue weighted by atomic mass is 16.5. The van der Waals surface area contributed by atoms with Crippen LogP contribution in [0.4, 0.5) is 5.82 Å². The van der Waals surface area contributed by atoms with E-state index in [9.17, 15) is 10.2 Å². The van der Waals surface area contributed by atoms with Gasteiger partial charge in [0.25, 0.3) is 0 Å². The monoisotopic (exact) mass is 383 g/mol. The second kappa shape index (κ2) is 8.18. The Morgan fingerprint density at radius 2 is 2.00 bits per heavy atom. The van der Waals surface area contributed by atoms with Gasteiger partial charge >= 0.3 is 0 Å². The van der Waals surface area contributed by atoms with Crippen molar-refractivity contribution in [3.8, 4) is 17.0 Å². The first kappa shape index (κ1) is 18.7. The molecule has 1 aliphatic rings. The zero-order chi connectivity index (χ0) is 19.5. The molecule has 3 aromatic rings. The molecule has 2 aromatic heterocycles. The molecule has 0 radical (unpaired) electrons. The number of fused-ring (bicyclic) bond motifs is 1. The molecule has 0 unspecified atom stereocenters. The third kappa shape index (κ3) is 3.44. The van der Waals surface area contributed by atoms with Crippen LogP contribution in [-0.2, 0) is 17.8 Å². The van der Waals surface area contributed by atoms with Crippen molar-refractivity contribution < 1.29 is 19.7 Å². The maximum atomic E-state index is 9.84. The summed E-state index contributed by atoms with van der Waals surface area (Å²) in [4.78, 5) is 7.18. The van der Waals surface area contributed by atoms with Crippen LogP contribution in [-0.4, -0.2) is 59.6 Å². The molecule has 0 atom stereocenters. The van der Waals surface area contributed by atoms with Gasteiger partial charge < -0.3 is 29.0 Å². The summed E-state index contributed by atoms with van der Waals surface area (Å²) in [6.45, 7) is 2.79. The highest BCUT2D eigenvalue weighted by Gasteiger charge is 2.21. The Hall–Kier alpha value is -2.61. The molecular weight excluding hydrogens is 358 g/mol. The summed E-state index contributed by atoms with van der Waals surface area (Å²) in [5.74, 6) is 1.63. The largest absolute Gasteiger partial charge is 0.497 e. The zero-order valence-electron chi connectivity index (χ0n) is 16.0. The second-order valence-corrected chi connectivity index (χ2v) is 6.78. The van der Waals surface area contributed by atoms with Gasteiger partial charge in [-0.1, -0.05) is 12.1 Å². The molecule has 4 rings (SSSR count).